The zero-order valence-corrected chi connectivity index (χ0v) is 19.6. The molecular weight excluding hydrogens is 426 g/mol. The molecule has 5 rings (SSSR count). The van der Waals surface area contributed by atoms with Gasteiger partial charge >= 0.3 is 0 Å². The van der Waals surface area contributed by atoms with E-state index in [0.29, 0.717) is 19.6 Å². The van der Waals surface area contributed by atoms with Crippen molar-refractivity contribution in [2.75, 3.05) is 25.2 Å². The number of nitrogens with zero attached hydrogens (tertiary/aromatic N) is 3. The topological polar surface area (TPSA) is 56.6 Å². The van der Waals surface area contributed by atoms with Crippen molar-refractivity contribution >= 4 is 22.6 Å². The van der Waals surface area contributed by atoms with Crippen molar-refractivity contribution < 1.29 is 14.3 Å². The van der Waals surface area contributed by atoms with Crippen LogP contribution in [0.2, 0.25) is 0 Å². The lowest BCUT2D eigenvalue weighted by atomic mass is 10.1. The second-order valence-corrected chi connectivity index (χ2v) is 8.74. The van der Waals surface area contributed by atoms with E-state index in [0.717, 1.165) is 52.6 Å². The van der Waals surface area contributed by atoms with E-state index in [1.807, 2.05) is 59.5 Å². The van der Waals surface area contributed by atoms with Gasteiger partial charge in [0.15, 0.2) is 0 Å². The summed E-state index contributed by atoms with van der Waals surface area (Å²) in [5.74, 6) is 2.76. The Morgan fingerprint density at radius 1 is 1.00 bits per heavy atom. The molecule has 1 aromatic heterocycles. The summed E-state index contributed by atoms with van der Waals surface area (Å²) in [6.07, 6.45) is 1.30. The first kappa shape index (κ1) is 22.0. The van der Waals surface area contributed by atoms with Crippen LogP contribution < -0.4 is 14.4 Å². The van der Waals surface area contributed by atoms with Gasteiger partial charge < -0.3 is 18.9 Å². The molecule has 1 saturated heterocycles. The van der Waals surface area contributed by atoms with Gasteiger partial charge in [0, 0.05) is 37.2 Å². The second kappa shape index (κ2) is 9.59. The molecule has 0 radical (unpaired) electrons. The van der Waals surface area contributed by atoms with Crippen LogP contribution in [-0.4, -0.2) is 35.7 Å². The highest BCUT2D eigenvalue weighted by molar-refractivity contribution is 5.96. The van der Waals surface area contributed by atoms with Crippen molar-refractivity contribution in [3.63, 3.8) is 0 Å². The third kappa shape index (κ3) is 4.49. The minimum atomic E-state index is 0.0553. The molecular formula is C28H29N3O3. The van der Waals surface area contributed by atoms with E-state index in [-0.39, 0.29) is 11.8 Å². The van der Waals surface area contributed by atoms with Crippen LogP contribution in [0.5, 0.6) is 11.5 Å². The molecule has 1 amide bonds. The van der Waals surface area contributed by atoms with Crippen LogP contribution in [0.25, 0.3) is 11.0 Å². The first-order chi connectivity index (χ1) is 16.6. The lowest BCUT2D eigenvalue weighted by Gasteiger charge is -2.18. The second-order valence-electron chi connectivity index (χ2n) is 8.74. The molecule has 1 atom stereocenters. The van der Waals surface area contributed by atoms with E-state index in [4.69, 9.17) is 14.5 Å². The summed E-state index contributed by atoms with van der Waals surface area (Å²) in [4.78, 5) is 19.8. The molecule has 0 spiro atoms. The van der Waals surface area contributed by atoms with E-state index in [1.54, 1.807) is 7.11 Å². The Kier molecular flexibility index (Phi) is 6.21. The highest BCUT2D eigenvalue weighted by atomic mass is 16.5. The Morgan fingerprint density at radius 3 is 2.68 bits per heavy atom. The molecule has 1 fully saturated rings. The first-order valence-electron chi connectivity index (χ1n) is 11.7. The third-order valence-corrected chi connectivity index (χ3v) is 6.32. The van der Waals surface area contributed by atoms with Gasteiger partial charge in [0.2, 0.25) is 5.91 Å². The molecule has 3 aromatic carbocycles. The SMILES string of the molecule is COc1cccc(OCCCn2c(C3CC(=O)N(c4cccc(C)c4)C3)nc3ccccc32)c1. The number of rotatable bonds is 8. The number of benzene rings is 3. The van der Waals surface area contributed by atoms with Gasteiger partial charge in [-0.05, 0) is 55.3 Å². The summed E-state index contributed by atoms with van der Waals surface area (Å²) in [6.45, 7) is 4.05. The number of methoxy groups -OCH3 is 1. The van der Waals surface area contributed by atoms with Gasteiger partial charge in [-0.15, -0.1) is 0 Å². The molecule has 0 saturated carbocycles. The zero-order chi connectivity index (χ0) is 23.5. The Bertz CT molecular complexity index is 1310. The maximum absolute atomic E-state index is 12.9. The maximum atomic E-state index is 12.9. The van der Waals surface area contributed by atoms with E-state index in [1.165, 1.54) is 0 Å². The summed E-state index contributed by atoms with van der Waals surface area (Å²) >= 11 is 0. The van der Waals surface area contributed by atoms with Crippen molar-refractivity contribution in [2.24, 2.45) is 0 Å². The van der Waals surface area contributed by atoms with E-state index in [9.17, 15) is 4.79 Å². The lowest BCUT2D eigenvalue weighted by Crippen LogP contribution is -2.24. The standard InChI is InChI=1S/C28H29N3O3/c1-20-8-5-9-22(16-20)31-19-21(17-27(31)32)28-29-25-12-3-4-13-26(25)30(28)14-7-15-34-24-11-6-10-23(18-24)33-2/h3-6,8-13,16,18,21H,7,14-15,17,19H2,1-2H3. The van der Waals surface area contributed by atoms with Crippen LogP contribution in [0, 0.1) is 6.92 Å². The predicted octanol–water partition coefficient (Wildman–Crippen LogP) is 5.34. The fourth-order valence-electron chi connectivity index (χ4n) is 4.67. The number of hydrogen-bond acceptors (Lipinski definition) is 4. The normalized spacial score (nSPS) is 15.8. The molecule has 1 aliphatic rings. The monoisotopic (exact) mass is 455 g/mol. The number of imidazole rings is 1. The molecule has 4 aromatic rings. The fourth-order valence-corrected chi connectivity index (χ4v) is 4.67. The van der Waals surface area contributed by atoms with Crippen LogP contribution in [0.15, 0.2) is 72.8 Å². The molecule has 34 heavy (non-hydrogen) atoms. The summed E-state index contributed by atoms with van der Waals surface area (Å²) in [5, 5.41) is 0. The Morgan fingerprint density at radius 2 is 1.82 bits per heavy atom. The van der Waals surface area contributed by atoms with E-state index < -0.39 is 0 Å². The van der Waals surface area contributed by atoms with Crippen molar-refractivity contribution in [3.05, 3.63) is 84.2 Å². The number of ether oxygens (including phenoxy) is 2. The number of aryl methyl sites for hydroxylation is 2. The molecule has 6 heteroatoms. The lowest BCUT2D eigenvalue weighted by molar-refractivity contribution is -0.117. The minimum Gasteiger partial charge on any atom is -0.497 e. The minimum absolute atomic E-state index is 0.0553. The first-order valence-corrected chi connectivity index (χ1v) is 11.7. The molecule has 174 valence electrons. The number of carbonyl (C=O) groups excluding carboxylic acids is 1. The molecule has 1 unspecified atom stereocenters. The molecule has 1 aliphatic heterocycles. The number of hydrogen-bond donors (Lipinski definition) is 0. The number of amides is 1. The van der Waals surface area contributed by atoms with Crippen LogP contribution in [0.4, 0.5) is 5.69 Å². The van der Waals surface area contributed by atoms with Crippen molar-refractivity contribution in [1.82, 2.24) is 9.55 Å². The van der Waals surface area contributed by atoms with Gasteiger partial charge in [0.05, 0.1) is 24.8 Å². The number of aromatic nitrogens is 2. The van der Waals surface area contributed by atoms with Gasteiger partial charge in [-0.25, -0.2) is 4.98 Å². The number of para-hydroxylation sites is 2. The Labute approximate surface area is 199 Å². The highest BCUT2D eigenvalue weighted by Gasteiger charge is 2.34. The quantitative estimate of drug-likeness (QED) is 0.337. The van der Waals surface area contributed by atoms with Crippen molar-refractivity contribution in [2.45, 2.75) is 32.2 Å². The Hall–Kier alpha value is -3.80. The van der Waals surface area contributed by atoms with Crippen LogP contribution >= 0.6 is 0 Å². The predicted molar refractivity (Wildman–Crippen MR) is 134 cm³/mol. The highest BCUT2D eigenvalue weighted by Crippen LogP contribution is 2.33. The summed E-state index contributed by atoms with van der Waals surface area (Å²) in [6, 6.07) is 24.0. The molecule has 0 bridgehead atoms. The van der Waals surface area contributed by atoms with E-state index >= 15 is 0 Å². The Balaban J connectivity index is 1.33. The van der Waals surface area contributed by atoms with Gasteiger partial charge in [0.1, 0.15) is 17.3 Å². The number of carbonyl (C=O) groups is 1. The van der Waals surface area contributed by atoms with Gasteiger partial charge in [-0.2, -0.15) is 0 Å². The van der Waals surface area contributed by atoms with Gasteiger partial charge in [-0.3, -0.25) is 4.79 Å². The number of anilines is 1. The smallest absolute Gasteiger partial charge is 0.227 e. The molecule has 0 aliphatic carbocycles. The largest absolute Gasteiger partial charge is 0.497 e. The van der Waals surface area contributed by atoms with Crippen LogP contribution in [0.3, 0.4) is 0 Å². The van der Waals surface area contributed by atoms with Gasteiger partial charge in [-0.1, -0.05) is 30.3 Å². The zero-order valence-electron chi connectivity index (χ0n) is 19.6. The third-order valence-electron chi connectivity index (χ3n) is 6.32. The van der Waals surface area contributed by atoms with Crippen LogP contribution in [0.1, 0.15) is 30.1 Å². The summed E-state index contributed by atoms with van der Waals surface area (Å²) in [5.41, 5.74) is 4.17. The maximum Gasteiger partial charge on any atom is 0.227 e. The molecule has 2 heterocycles. The van der Waals surface area contributed by atoms with Crippen molar-refractivity contribution in [1.29, 1.82) is 0 Å². The van der Waals surface area contributed by atoms with Crippen molar-refractivity contribution in [3.8, 4) is 11.5 Å². The molecule has 0 N–H and O–H groups in total. The number of fused-ring (bicyclic) bond motifs is 1. The molecule has 6 nitrogen and oxygen atoms in total. The average molecular weight is 456 g/mol. The average Bonchev–Trinajstić information content (AvgIpc) is 3.42. The summed E-state index contributed by atoms with van der Waals surface area (Å²) in [7, 11) is 1.65. The summed E-state index contributed by atoms with van der Waals surface area (Å²) < 4.78 is 13.5. The fraction of sp³-hybridized carbons (Fsp3) is 0.286. The van der Waals surface area contributed by atoms with Gasteiger partial charge in [0.25, 0.3) is 0 Å². The van der Waals surface area contributed by atoms with E-state index in [2.05, 4.69) is 29.7 Å². The van der Waals surface area contributed by atoms with Crippen LogP contribution in [-0.2, 0) is 11.3 Å².